The highest BCUT2D eigenvalue weighted by Crippen LogP contribution is 2.27. The molecule has 0 aromatic rings. The molecule has 0 aromatic heterocycles. The lowest BCUT2D eigenvalue weighted by Gasteiger charge is -2.27. The predicted molar refractivity (Wildman–Crippen MR) is 81.1 cm³/mol. The van der Waals surface area contributed by atoms with E-state index in [0.717, 1.165) is 31.2 Å². The third kappa shape index (κ3) is 5.94. The van der Waals surface area contributed by atoms with Gasteiger partial charge in [0.1, 0.15) is 0 Å². The molecule has 0 spiro atoms. The minimum Gasteiger partial charge on any atom is -0.352 e. The molecule has 1 fully saturated rings. The summed E-state index contributed by atoms with van der Waals surface area (Å²) in [5.74, 6) is 1.81. The van der Waals surface area contributed by atoms with E-state index in [9.17, 15) is 4.79 Å². The van der Waals surface area contributed by atoms with Crippen molar-refractivity contribution in [3.05, 3.63) is 0 Å². The van der Waals surface area contributed by atoms with Crippen molar-refractivity contribution in [2.24, 2.45) is 11.8 Å². The van der Waals surface area contributed by atoms with Gasteiger partial charge < -0.3 is 10.6 Å². The van der Waals surface area contributed by atoms with Crippen LogP contribution in [0.4, 0.5) is 0 Å². The van der Waals surface area contributed by atoms with Crippen LogP contribution < -0.4 is 10.6 Å². The minimum atomic E-state index is -0.0695. The van der Waals surface area contributed by atoms with Crippen LogP contribution >= 0.6 is 0 Å². The molecule has 1 unspecified atom stereocenters. The van der Waals surface area contributed by atoms with Gasteiger partial charge in [0.25, 0.3) is 0 Å². The van der Waals surface area contributed by atoms with Crippen LogP contribution in [0.25, 0.3) is 0 Å². The number of carbonyl (C=O) groups excluding carboxylic acids is 1. The van der Waals surface area contributed by atoms with Gasteiger partial charge in [-0.1, -0.05) is 33.6 Å². The van der Waals surface area contributed by atoms with Crippen molar-refractivity contribution in [2.45, 2.75) is 78.3 Å². The van der Waals surface area contributed by atoms with E-state index in [1.807, 2.05) is 6.92 Å². The second kappa shape index (κ2) is 8.57. The Morgan fingerprint density at radius 3 is 2.26 bits per heavy atom. The molecule has 1 amide bonds. The van der Waals surface area contributed by atoms with E-state index in [4.69, 9.17) is 0 Å². The Hall–Kier alpha value is -0.570. The molecule has 1 aliphatic carbocycles. The molecule has 19 heavy (non-hydrogen) atoms. The first kappa shape index (κ1) is 16.5. The Balaban J connectivity index is 2.22. The lowest BCUT2D eigenvalue weighted by Crippen LogP contribution is -2.47. The maximum atomic E-state index is 12.0. The van der Waals surface area contributed by atoms with Crippen molar-refractivity contribution in [1.82, 2.24) is 10.6 Å². The second-order valence-electron chi connectivity index (χ2n) is 6.28. The average molecular weight is 268 g/mol. The zero-order chi connectivity index (χ0) is 14.3. The van der Waals surface area contributed by atoms with Crippen molar-refractivity contribution in [2.75, 3.05) is 6.54 Å². The number of hydrogen-bond acceptors (Lipinski definition) is 2. The topological polar surface area (TPSA) is 41.1 Å². The van der Waals surface area contributed by atoms with Crippen LogP contribution in [0, 0.1) is 11.8 Å². The first-order valence-electron chi connectivity index (χ1n) is 8.10. The van der Waals surface area contributed by atoms with Crippen LogP contribution in [0.5, 0.6) is 0 Å². The standard InChI is InChI=1S/C16H32N2O/c1-5-15(6-2)18-16(19)13(4)17-11-14-9-7-12(3)8-10-14/h12-15,17H,5-11H2,1-4H3,(H,18,19). The highest BCUT2D eigenvalue weighted by molar-refractivity contribution is 5.81. The highest BCUT2D eigenvalue weighted by Gasteiger charge is 2.20. The smallest absolute Gasteiger partial charge is 0.237 e. The summed E-state index contributed by atoms with van der Waals surface area (Å²) < 4.78 is 0. The molecule has 0 saturated heterocycles. The fourth-order valence-corrected chi connectivity index (χ4v) is 2.79. The Kier molecular flexibility index (Phi) is 7.44. The lowest BCUT2D eigenvalue weighted by atomic mass is 9.83. The van der Waals surface area contributed by atoms with Crippen molar-refractivity contribution >= 4 is 5.91 Å². The summed E-state index contributed by atoms with van der Waals surface area (Å²) in [5.41, 5.74) is 0. The average Bonchev–Trinajstić information content (AvgIpc) is 2.43. The first-order valence-corrected chi connectivity index (χ1v) is 8.10. The van der Waals surface area contributed by atoms with Gasteiger partial charge in [-0.3, -0.25) is 4.79 Å². The van der Waals surface area contributed by atoms with E-state index in [0.29, 0.717) is 6.04 Å². The summed E-state index contributed by atoms with van der Waals surface area (Å²) in [4.78, 5) is 12.0. The molecule has 1 rings (SSSR count). The Morgan fingerprint density at radius 2 is 1.74 bits per heavy atom. The summed E-state index contributed by atoms with van der Waals surface area (Å²) in [7, 11) is 0. The molecule has 3 heteroatoms. The van der Waals surface area contributed by atoms with Crippen molar-refractivity contribution in [1.29, 1.82) is 0 Å². The van der Waals surface area contributed by atoms with E-state index >= 15 is 0 Å². The fourth-order valence-electron chi connectivity index (χ4n) is 2.79. The molecule has 0 heterocycles. The largest absolute Gasteiger partial charge is 0.352 e. The maximum absolute atomic E-state index is 12.0. The van der Waals surface area contributed by atoms with Crippen molar-refractivity contribution in [3.63, 3.8) is 0 Å². The zero-order valence-electron chi connectivity index (χ0n) is 13.2. The van der Waals surface area contributed by atoms with Gasteiger partial charge in [0.2, 0.25) is 5.91 Å². The predicted octanol–water partition coefficient (Wildman–Crippen LogP) is 3.10. The van der Waals surface area contributed by atoms with Crippen LogP contribution in [0.3, 0.4) is 0 Å². The van der Waals surface area contributed by atoms with Gasteiger partial charge in [-0.25, -0.2) is 0 Å². The Labute approximate surface area is 118 Å². The zero-order valence-corrected chi connectivity index (χ0v) is 13.2. The van der Waals surface area contributed by atoms with Gasteiger partial charge in [-0.05, 0) is 51.0 Å². The van der Waals surface area contributed by atoms with Crippen LogP contribution in [0.15, 0.2) is 0 Å². The van der Waals surface area contributed by atoms with Crippen LogP contribution in [-0.2, 0) is 4.79 Å². The van der Waals surface area contributed by atoms with Gasteiger partial charge in [0, 0.05) is 6.04 Å². The molecule has 0 radical (unpaired) electrons. The van der Waals surface area contributed by atoms with Crippen molar-refractivity contribution in [3.8, 4) is 0 Å². The van der Waals surface area contributed by atoms with E-state index in [2.05, 4.69) is 31.4 Å². The second-order valence-corrected chi connectivity index (χ2v) is 6.28. The molecule has 0 bridgehead atoms. The quantitative estimate of drug-likeness (QED) is 0.745. The number of amides is 1. The van der Waals surface area contributed by atoms with E-state index in [1.165, 1.54) is 25.7 Å². The third-order valence-electron chi connectivity index (χ3n) is 4.57. The molecule has 1 atom stereocenters. The van der Waals surface area contributed by atoms with Crippen LogP contribution in [0.1, 0.15) is 66.2 Å². The SMILES string of the molecule is CCC(CC)NC(=O)C(C)NCC1CCC(C)CC1. The lowest BCUT2D eigenvalue weighted by molar-refractivity contribution is -0.123. The molecule has 0 aliphatic heterocycles. The molecule has 0 aromatic carbocycles. The maximum Gasteiger partial charge on any atom is 0.237 e. The number of hydrogen-bond donors (Lipinski definition) is 2. The molecular formula is C16H32N2O. The normalized spacial score (nSPS) is 25.3. The first-order chi connectivity index (χ1) is 9.06. The number of carbonyl (C=O) groups is 1. The molecule has 1 aliphatic rings. The Bertz CT molecular complexity index is 255. The summed E-state index contributed by atoms with van der Waals surface area (Å²) in [6.45, 7) is 9.55. The van der Waals surface area contributed by atoms with Gasteiger partial charge >= 0.3 is 0 Å². The van der Waals surface area contributed by atoms with E-state index in [-0.39, 0.29) is 11.9 Å². The summed E-state index contributed by atoms with van der Waals surface area (Å²) >= 11 is 0. The van der Waals surface area contributed by atoms with E-state index < -0.39 is 0 Å². The van der Waals surface area contributed by atoms with Gasteiger partial charge in [-0.2, -0.15) is 0 Å². The summed E-state index contributed by atoms with van der Waals surface area (Å²) in [6, 6.07) is 0.257. The number of rotatable bonds is 7. The molecular weight excluding hydrogens is 236 g/mol. The fraction of sp³-hybridized carbons (Fsp3) is 0.938. The van der Waals surface area contributed by atoms with Crippen LogP contribution in [0.2, 0.25) is 0 Å². The van der Waals surface area contributed by atoms with Gasteiger partial charge in [0.05, 0.1) is 6.04 Å². The van der Waals surface area contributed by atoms with Crippen molar-refractivity contribution < 1.29 is 4.79 Å². The Morgan fingerprint density at radius 1 is 1.16 bits per heavy atom. The summed E-state index contributed by atoms with van der Waals surface area (Å²) in [5, 5.41) is 6.52. The monoisotopic (exact) mass is 268 g/mol. The third-order valence-corrected chi connectivity index (χ3v) is 4.57. The van der Waals surface area contributed by atoms with Gasteiger partial charge in [0.15, 0.2) is 0 Å². The highest BCUT2D eigenvalue weighted by atomic mass is 16.2. The molecule has 1 saturated carbocycles. The summed E-state index contributed by atoms with van der Waals surface area (Å²) in [6.07, 6.45) is 7.34. The molecule has 2 N–H and O–H groups in total. The molecule has 3 nitrogen and oxygen atoms in total. The minimum absolute atomic E-state index is 0.0695. The van der Waals surface area contributed by atoms with Gasteiger partial charge in [-0.15, -0.1) is 0 Å². The number of nitrogens with one attached hydrogen (secondary N) is 2. The molecule has 112 valence electrons. The van der Waals surface area contributed by atoms with Crippen LogP contribution in [-0.4, -0.2) is 24.5 Å². The van der Waals surface area contributed by atoms with E-state index in [1.54, 1.807) is 0 Å².